The fourth-order valence-corrected chi connectivity index (χ4v) is 1.90. The number of ketones is 1. The molecule has 0 unspecified atom stereocenters. The fraction of sp³-hybridized carbons (Fsp3) is 0.0667. The molecule has 0 aliphatic heterocycles. The highest BCUT2D eigenvalue weighted by molar-refractivity contribution is 7.98. The highest BCUT2D eigenvalue weighted by Gasteiger charge is 2.01. The summed E-state index contributed by atoms with van der Waals surface area (Å²) in [6.45, 7) is 0. The number of thioether (sulfide) groups is 1. The van der Waals surface area contributed by atoms with Gasteiger partial charge in [-0.05, 0) is 54.8 Å². The smallest absolute Gasteiger partial charge is 0.185 e. The van der Waals surface area contributed by atoms with E-state index in [1.807, 2.05) is 48.7 Å². The normalized spacial score (nSPS) is 10.7. The Labute approximate surface area is 111 Å². The number of carbonyl (C=O) groups is 1. The Bertz CT molecular complexity index is 546. The molecule has 0 saturated carbocycles. The minimum Gasteiger partial charge on any atom is -0.289 e. The van der Waals surface area contributed by atoms with E-state index in [1.54, 1.807) is 30.1 Å². The average Bonchev–Trinajstić information content (AvgIpc) is 2.46. The van der Waals surface area contributed by atoms with Crippen molar-refractivity contribution in [2.24, 2.45) is 0 Å². The van der Waals surface area contributed by atoms with Crippen LogP contribution in [0.1, 0.15) is 16.1 Å². The van der Waals surface area contributed by atoms with Gasteiger partial charge in [-0.15, -0.1) is 11.8 Å². The van der Waals surface area contributed by atoms with E-state index < -0.39 is 0 Å². The highest BCUT2D eigenvalue weighted by atomic mass is 32.2. The van der Waals surface area contributed by atoms with Crippen molar-refractivity contribution in [1.82, 2.24) is 4.98 Å². The average molecular weight is 255 g/mol. The molecule has 0 bridgehead atoms. The molecule has 0 aliphatic rings. The summed E-state index contributed by atoms with van der Waals surface area (Å²) in [5.74, 6) is -0.00620. The Morgan fingerprint density at radius 3 is 2.56 bits per heavy atom. The van der Waals surface area contributed by atoms with Gasteiger partial charge in [-0.1, -0.05) is 6.07 Å². The van der Waals surface area contributed by atoms with Gasteiger partial charge < -0.3 is 0 Å². The summed E-state index contributed by atoms with van der Waals surface area (Å²) in [6, 6.07) is 13.2. The van der Waals surface area contributed by atoms with Crippen molar-refractivity contribution in [2.75, 3.05) is 6.26 Å². The third-order valence-electron chi connectivity index (χ3n) is 2.47. The number of nitrogens with zero attached hydrogens (tertiary/aromatic N) is 1. The predicted molar refractivity (Wildman–Crippen MR) is 75.8 cm³/mol. The van der Waals surface area contributed by atoms with Crippen molar-refractivity contribution in [2.45, 2.75) is 4.90 Å². The van der Waals surface area contributed by atoms with Crippen LogP contribution in [0.25, 0.3) is 6.08 Å². The Morgan fingerprint density at radius 1 is 1.17 bits per heavy atom. The van der Waals surface area contributed by atoms with Crippen molar-refractivity contribution >= 4 is 23.6 Å². The molecule has 90 valence electrons. The van der Waals surface area contributed by atoms with Crippen molar-refractivity contribution in [1.29, 1.82) is 0 Å². The Balaban J connectivity index is 2.09. The van der Waals surface area contributed by atoms with Crippen LogP contribution in [-0.2, 0) is 0 Å². The molecular weight excluding hydrogens is 242 g/mol. The zero-order chi connectivity index (χ0) is 12.8. The lowest BCUT2D eigenvalue weighted by Gasteiger charge is -1.98. The van der Waals surface area contributed by atoms with Gasteiger partial charge in [0, 0.05) is 16.7 Å². The van der Waals surface area contributed by atoms with Crippen LogP contribution in [0.2, 0.25) is 0 Å². The minimum atomic E-state index is -0.00620. The van der Waals surface area contributed by atoms with Gasteiger partial charge in [0.05, 0.1) is 5.69 Å². The third-order valence-corrected chi connectivity index (χ3v) is 3.21. The Hall–Kier alpha value is -1.87. The number of pyridine rings is 1. The number of carbonyl (C=O) groups excluding carboxylic acids is 1. The largest absolute Gasteiger partial charge is 0.289 e. The second-order valence-electron chi connectivity index (χ2n) is 3.68. The number of rotatable bonds is 4. The lowest BCUT2D eigenvalue weighted by molar-refractivity contribution is 0.104. The van der Waals surface area contributed by atoms with E-state index >= 15 is 0 Å². The van der Waals surface area contributed by atoms with Gasteiger partial charge in [0.15, 0.2) is 5.78 Å². The van der Waals surface area contributed by atoms with Crippen LogP contribution < -0.4 is 0 Å². The van der Waals surface area contributed by atoms with Crippen molar-refractivity contribution in [3.05, 3.63) is 66.0 Å². The summed E-state index contributed by atoms with van der Waals surface area (Å²) >= 11 is 1.66. The summed E-state index contributed by atoms with van der Waals surface area (Å²) in [5.41, 5.74) is 1.48. The summed E-state index contributed by atoms with van der Waals surface area (Å²) in [7, 11) is 0. The molecule has 1 aromatic heterocycles. The summed E-state index contributed by atoms with van der Waals surface area (Å²) in [5, 5.41) is 0. The van der Waals surface area contributed by atoms with Gasteiger partial charge >= 0.3 is 0 Å². The van der Waals surface area contributed by atoms with E-state index in [2.05, 4.69) is 4.98 Å². The van der Waals surface area contributed by atoms with Crippen LogP contribution in [-0.4, -0.2) is 17.0 Å². The first-order valence-electron chi connectivity index (χ1n) is 5.57. The molecule has 2 aromatic rings. The third kappa shape index (κ3) is 3.31. The quantitative estimate of drug-likeness (QED) is 0.474. The maximum Gasteiger partial charge on any atom is 0.185 e. The van der Waals surface area contributed by atoms with Gasteiger partial charge in [-0.25, -0.2) is 0 Å². The highest BCUT2D eigenvalue weighted by Crippen LogP contribution is 2.15. The lowest BCUT2D eigenvalue weighted by atomic mass is 10.1. The van der Waals surface area contributed by atoms with Gasteiger partial charge in [0.1, 0.15) is 0 Å². The number of hydrogen-bond donors (Lipinski definition) is 0. The van der Waals surface area contributed by atoms with E-state index in [1.165, 1.54) is 0 Å². The van der Waals surface area contributed by atoms with Gasteiger partial charge in [-0.2, -0.15) is 0 Å². The second kappa shape index (κ2) is 6.17. The molecule has 18 heavy (non-hydrogen) atoms. The molecule has 0 saturated heterocycles. The van der Waals surface area contributed by atoms with Crippen LogP contribution in [0.4, 0.5) is 0 Å². The fourth-order valence-electron chi connectivity index (χ4n) is 1.49. The summed E-state index contributed by atoms with van der Waals surface area (Å²) < 4.78 is 0. The van der Waals surface area contributed by atoms with Gasteiger partial charge in [-0.3, -0.25) is 9.78 Å². The van der Waals surface area contributed by atoms with Crippen LogP contribution in [0.15, 0.2) is 59.6 Å². The van der Waals surface area contributed by atoms with Gasteiger partial charge in [0.25, 0.3) is 0 Å². The first-order chi connectivity index (χ1) is 8.79. The maximum atomic E-state index is 11.9. The predicted octanol–water partition coefficient (Wildman–Crippen LogP) is 3.70. The molecule has 0 aliphatic carbocycles. The standard InChI is InChI=1S/C15H13NOS/c1-18-14-8-5-12(6-9-14)15(17)10-7-13-4-2-3-11-16-13/h2-11H,1H3. The molecule has 0 fully saturated rings. The van der Waals surface area contributed by atoms with Crippen LogP contribution >= 0.6 is 11.8 Å². The minimum absolute atomic E-state index is 0.00620. The van der Waals surface area contributed by atoms with E-state index in [4.69, 9.17) is 0 Å². The zero-order valence-corrected chi connectivity index (χ0v) is 10.9. The van der Waals surface area contributed by atoms with E-state index in [-0.39, 0.29) is 5.78 Å². The van der Waals surface area contributed by atoms with Crippen molar-refractivity contribution < 1.29 is 4.79 Å². The number of hydrogen-bond acceptors (Lipinski definition) is 3. The first-order valence-corrected chi connectivity index (χ1v) is 6.79. The van der Waals surface area contributed by atoms with Crippen LogP contribution in [0, 0.1) is 0 Å². The number of aromatic nitrogens is 1. The molecule has 2 rings (SSSR count). The Kier molecular flexibility index (Phi) is 4.31. The zero-order valence-electron chi connectivity index (χ0n) is 10.0. The molecule has 1 heterocycles. The molecule has 1 aromatic carbocycles. The molecule has 0 radical (unpaired) electrons. The maximum absolute atomic E-state index is 11.9. The van der Waals surface area contributed by atoms with E-state index in [9.17, 15) is 4.79 Å². The summed E-state index contributed by atoms with van der Waals surface area (Å²) in [6.07, 6.45) is 7.00. The molecule has 0 spiro atoms. The molecule has 2 nitrogen and oxygen atoms in total. The summed E-state index contributed by atoms with van der Waals surface area (Å²) in [4.78, 5) is 17.2. The lowest BCUT2D eigenvalue weighted by Crippen LogP contribution is -1.93. The molecule has 0 atom stereocenters. The molecular formula is C15H13NOS. The molecule has 3 heteroatoms. The Morgan fingerprint density at radius 2 is 1.94 bits per heavy atom. The van der Waals surface area contributed by atoms with Gasteiger partial charge in [0.2, 0.25) is 0 Å². The topological polar surface area (TPSA) is 30.0 Å². The molecule has 0 amide bonds. The van der Waals surface area contributed by atoms with Crippen LogP contribution in [0.3, 0.4) is 0 Å². The first kappa shape index (κ1) is 12.6. The number of allylic oxidation sites excluding steroid dienone is 1. The van der Waals surface area contributed by atoms with Crippen LogP contribution in [0.5, 0.6) is 0 Å². The van der Waals surface area contributed by atoms with Crippen molar-refractivity contribution in [3.63, 3.8) is 0 Å². The van der Waals surface area contributed by atoms with E-state index in [0.717, 1.165) is 10.6 Å². The van der Waals surface area contributed by atoms with Crippen molar-refractivity contribution in [3.8, 4) is 0 Å². The monoisotopic (exact) mass is 255 g/mol. The SMILES string of the molecule is CSc1ccc(C(=O)C=Cc2ccccn2)cc1. The van der Waals surface area contributed by atoms with E-state index in [0.29, 0.717) is 5.56 Å². The molecule has 0 N–H and O–H groups in total. The second-order valence-corrected chi connectivity index (χ2v) is 4.56. The number of benzene rings is 1.